The fraction of sp³-hybridized carbons (Fsp3) is 0.500. The van der Waals surface area contributed by atoms with E-state index in [0.29, 0.717) is 39.3 Å². The zero-order valence-corrected chi connectivity index (χ0v) is 13.9. The highest BCUT2D eigenvalue weighted by atomic mass is 32.2. The molecule has 2 rings (SSSR count). The Labute approximate surface area is 136 Å². The van der Waals surface area contributed by atoms with Crippen molar-refractivity contribution >= 4 is 21.7 Å². The molecule has 2 amide bonds. The van der Waals surface area contributed by atoms with Gasteiger partial charge in [0.2, 0.25) is 10.0 Å². The predicted octanol–water partition coefficient (Wildman–Crippen LogP) is -0.188. The van der Waals surface area contributed by atoms with Crippen molar-refractivity contribution in [1.29, 1.82) is 0 Å². The van der Waals surface area contributed by atoms with Gasteiger partial charge in [0.15, 0.2) is 0 Å². The molecule has 0 atom stereocenters. The van der Waals surface area contributed by atoms with E-state index in [9.17, 15) is 13.2 Å². The standard InChI is InChI=1S/C14H22N4O4S/c1-22-11-6-16-14(19)18-9-7-17(8-10-18)12-2-4-13(5-3-12)23(15,20)21/h2-5H,6-11H2,1H3,(H,16,19)(H2,15,20,21). The molecule has 1 aliphatic rings. The first kappa shape index (κ1) is 17.5. The van der Waals surface area contributed by atoms with Crippen LogP contribution in [0.2, 0.25) is 0 Å². The number of amides is 2. The summed E-state index contributed by atoms with van der Waals surface area (Å²) in [4.78, 5) is 15.9. The highest BCUT2D eigenvalue weighted by Crippen LogP contribution is 2.19. The Morgan fingerprint density at radius 3 is 2.35 bits per heavy atom. The third-order valence-corrected chi connectivity index (χ3v) is 4.61. The Hall–Kier alpha value is -1.84. The second-order valence-corrected chi connectivity index (χ2v) is 6.80. The van der Waals surface area contributed by atoms with Crippen LogP contribution in [-0.2, 0) is 14.8 Å². The number of nitrogens with zero attached hydrogens (tertiary/aromatic N) is 2. The number of nitrogens with two attached hydrogens (primary N) is 1. The van der Waals surface area contributed by atoms with Crippen LogP contribution in [0.1, 0.15) is 0 Å². The number of nitrogens with one attached hydrogen (secondary N) is 1. The van der Waals surface area contributed by atoms with Crippen molar-refractivity contribution in [2.45, 2.75) is 4.90 Å². The van der Waals surface area contributed by atoms with Gasteiger partial charge in [0.1, 0.15) is 0 Å². The molecule has 0 spiro atoms. The average molecular weight is 342 g/mol. The van der Waals surface area contributed by atoms with Crippen molar-refractivity contribution in [2.24, 2.45) is 5.14 Å². The summed E-state index contributed by atoms with van der Waals surface area (Å²) >= 11 is 0. The van der Waals surface area contributed by atoms with Gasteiger partial charge in [-0.15, -0.1) is 0 Å². The lowest BCUT2D eigenvalue weighted by Crippen LogP contribution is -2.52. The summed E-state index contributed by atoms with van der Waals surface area (Å²) in [6.45, 7) is 3.57. The molecule has 1 fully saturated rings. The molecule has 0 radical (unpaired) electrons. The van der Waals surface area contributed by atoms with Crippen LogP contribution in [-0.4, -0.2) is 65.8 Å². The maximum absolute atomic E-state index is 11.9. The van der Waals surface area contributed by atoms with E-state index in [4.69, 9.17) is 9.88 Å². The summed E-state index contributed by atoms with van der Waals surface area (Å²) in [7, 11) is -2.08. The number of hydrogen-bond donors (Lipinski definition) is 2. The molecule has 128 valence electrons. The smallest absolute Gasteiger partial charge is 0.317 e. The predicted molar refractivity (Wildman–Crippen MR) is 86.9 cm³/mol. The topological polar surface area (TPSA) is 105 Å². The van der Waals surface area contributed by atoms with Gasteiger partial charge in [0, 0.05) is 45.5 Å². The number of ether oxygens (including phenoxy) is 1. The molecular formula is C14H22N4O4S. The molecule has 9 heteroatoms. The molecule has 1 aromatic rings. The number of piperazine rings is 1. The van der Waals surface area contributed by atoms with E-state index in [1.165, 1.54) is 12.1 Å². The minimum absolute atomic E-state index is 0.0914. The van der Waals surface area contributed by atoms with Gasteiger partial charge in [-0.05, 0) is 24.3 Å². The monoisotopic (exact) mass is 342 g/mol. The lowest BCUT2D eigenvalue weighted by Gasteiger charge is -2.36. The highest BCUT2D eigenvalue weighted by Gasteiger charge is 2.21. The lowest BCUT2D eigenvalue weighted by atomic mass is 10.2. The Bertz CT molecular complexity index is 625. The highest BCUT2D eigenvalue weighted by molar-refractivity contribution is 7.89. The van der Waals surface area contributed by atoms with Crippen molar-refractivity contribution in [3.63, 3.8) is 0 Å². The first-order valence-electron chi connectivity index (χ1n) is 7.31. The van der Waals surface area contributed by atoms with Gasteiger partial charge < -0.3 is 19.9 Å². The van der Waals surface area contributed by atoms with Gasteiger partial charge in [0.25, 0.3) is 0 Å². The number of anilines is 1. The van der Waals surface area contributed by atoms with Crippen LogP contribution in [0.3, 0.4) is 0 Å². The Morgan fingerprint density at radius 1 is 1.22 bits per heavy atom. The Morgan fingerprint density at radius 2 is 1.83 bits per heavy atom. The van der Waals surface area contributed by atoms with Gasteiger partial charge in [0.05, 0.1) is 11.5 Å². The third kappa shape index (κ3) is 4.81. The number of methoxy groups -OCH3 is 1. The number of sulfonamides is 1. The van der Waals surface area contributed by atoms with E-state index in [-0.39, 0.29) is 10.9 Å². The lowest BCUT2D eigenvalue weighted by molar-refractivity contribution is 0.177. The minimum Gasteiger partial charge on any atom is -0.383 e. The van der Waals surface area contributed by atoms with Crippen LogP contribution in [0, 0.1) is 0 Å². The number of carbonyl (C=O) groups is 1. The van der Waals surface area contributed by atoms with E-state index in [1.54, 1.807) is 24.1 Å². The minimum atomic E-state index is -3.67. The van der Waals surface area contributed by atoms with Crippen molar-refractivity contribution in [3.8, 4) is 0 Å². The van der Waals surface area contributed by atoms with Crippen molar-refractivity contribution in [2.75, 3.05) is 51.3 Å². The number of primary sulfonamides is 1. The van der Waals surface area contributed by atoms with Gasteiger partial charge in [-0.3, -0.25) is 0 Å². The number of urea groups is 1. The molecule has 8 nitrogen and oxygen atoms in total. The van der Waals surface area contributed by atoms with Crippen molar-refractivity contribution in [3.05, 3.63) is 24.3 Å². The summed E-state index contributed by atoms with van der Waals surface area (Å²) in [5.74, 6) is 0. The molecule has 0 bridgehead atoms. The number of hydrogen-bond acceptors (Lipinski definition) is 5. The second kappa shape index (κ2) is 7.62. The van der Waals surface area contributed by atoms with Crippen LogP contribution in [0.25, 0.3) is 0 Å². The van der Waals surface area contributed by atoms with E-state index < -0.39 is 10.0 Å². The zero-order chi connectivity index (χ0) is 16.9. The second-order valence-electron chi connectivity index (χ2n) is 5.24. The normalized spacial score (nSPS) is 15.6. The Balaban J connectivity index is 1.88. The molecule has 3 N–H and O–H groups in total. The van der Waals surface area contributed by atoms with Crippen molar-refractivity contribution in [1.82, 2.24) is 10.2 Å². The molecule has 0 saturated carbocycles. The van der Waals surface area contributed by atoms with E-state index >= 15 is 0 Å². The van der Waals surface area contributed by atoms with Gasteiger partial charge in [-0.2, -0.15) is 0 Å². The number of rotatable bonds is 5. The maximum Gasteiger partial charge on any atom is 0.317 e. The summed E-state index contributed by atoms with van der Waals surface area (Å²) in [6.07, 6.45) is 0. The summed E-state index contributed by atoms with van der Waals surface area (Å²) in [5, 5.41) is 7.88. The van der Waals surface area contributed by atoms with E-state index in [2.05, 4.69) is 10.2 Å². The summed E-state index contributed by atoms with van der Waals surface area (Å²) < 4.78 is 27.4. The van der Waals surface area contributed by atoms with Gasteiger partial charge in [-0.25, -0.2) is 18.4 Å². The largest absolute Gasteiger partial charge is 0.383 e. The molecule has 0 aliphatic carbocycles. The summed E-state index contributed by atoms with van der Waals surface area (Å²) in [6, 6.07) is 6.36. The maximum atomic E-state index is 11.9. The van der Waals surface area contributed by atoms with E-state index in [0.717, 1.165) is 5.69 Å². The quantitative estimate of drug-likeness (QED) is 0.722. The SMILES string of the molecule is COCCNC(=O)N1CCN(c2ccc(S(N)(=O)=O)cc2)CC1. The van der Waals surface area contributed by atoms with Crippen LogP contribution in [0.5, 0.6) is 0 Å². The van der Waals surface area contributed by atoms with Gasteiger partial charge >= 0.3 is 6.03 Å². The number of carbonyl (C=O) groups excluding carboxylic acids is 1. The first-order valence-corrected chi connectivity index (χ1v) is 8.86. The molecule has 1 aromatic carbocycles. The van der Waals surface area contributed by atoms with E-state index in [1.807, 2.05) is 0 Å². The first-order chi connectivity index (χ1) is 10.9. The van der Waals surface area contributed by atoms with Crippen LogP contribution < -0.4 is 15.4 Å². The molecule has 23 heavy (non-hydrogen) atoms. The van der Waals surface area contributed by atoms with Crippen LogP contribution >= 0.6 is 0 Å². The molecular weight excluding hydrogens is 320 g/mol. The summed E-state index contributed by atoms with van der Waals surface area (Å²) in [5.41, 5.74) is 0.914. The van der Waals surface area contributed by atoms with Crippen molar-refractivity contribution < 1.29 is 17.9 Å². The number of benzene rings is 1. The molecule has 1 heterocycles. The fourth-order valence-corrected chi connectivity index (χ4v) is 2.90. The zero-order valence-electron chi connectivity index (χ0n) is 13.1. The third-order valence-electron chi connectivity index (χ3n) is 3.68. The van der Waals surface area contributed by atoms with Crippen LogP contribution in [0.15, 0.2) is 29.2 Å². The van der Waals surface area contributed by atoms with Gasteiger partial charge in [-0.1, -0.05) is 0 Å². The Kier molecular flexibility index (Phi) is 5.80. The average Bonchev–Trinajstić information content (AvgIpc) is 2.54. The molecule has 0 aromatic heterocycles. The molecule has 1 aliphatic heterocycles. The fourth-order valence-electron chi connectivity index (χ4n) is 2.39. The van der Waals surface area contributed by atoms with Crippen LogP contribution in [0.4, 0.5) is 10.5 Å². The molecule has 0 unspecified atom stereocenters. The molecule has 1 saturated heterocycles.